The second-order valence-electron chi connectivity index (χ2n) is 5.15. The summed E-state index contributed by atoms with van der Waals surface area (Å²) in [5, 5.41) is 23.0. The van der Waals surface area contributed by atoms with Crippen LogP contribution in [0.1, 0.15) is 5.56 Å². The van der Waals surface area contributed by atoms with Gasteiger partial charge in [-0.3, -0.25) is 14.9 Å². The van der Waals surface area contributed by atoms with Crippen molar-refractivity contribution in [1.82, 2.24) is 0 Å². The quantitative estimate of drug-likeness (QED) is 0.361. The lowest BCUT2D eigenvalue weighted by Crippen LogP contribution is -2.13. The molecular weight excluding hydrogens is 357 g/mol. The van der Waals surface area contributed by atoms with Crippen molar-refractivity contribution >= 4 is 23.4 Å². The molecule has 0 radical (unpaired) electrons. The number of amides is 1. The number of carbonyl (C=O) groups is 1. The second kappa shape index (κ2) is 8.44. The number of ether oxygens (including phenoxy) is 2. The maximum absolute atomic E-state index is 12.9. The predicted octanol–water partition coefficient (Wildman–Crippen LogP) is 3.30. The number of hydrogen-bond donors (Lipinski definition) is 1. The predicted molar refractivity (Wildman–Crippen MR) is 94.8 cm³/mol. The van der Waals surface area contributed by atoms with Gasteiger partial charge in [0, 0.05) is 5.69 Å². The van der Waals surface area contributed by atoms with Crippen LogP contribution in [0.4, 0.5) is 15.8 Å². The molecular formula is C18H14FN3O5. The molecule has 0 spiro atoms. The summed E-state index contributed by atoms with van der Waals surface area (Å²) in [5.74, 6) is -0.945. The molecule has 1 amide bonds. The third-order valence-corrected chi connectivity index (χ3v) is 3.50. The first-order chi connectivity index (χ1) is 12.9. The van der Waals surface area contributed by atoms with Crippen LogP contribution in [0.2, 0.25) is 0 Å². The SMILES string of the molecule is COc1cc(/C=C(/C#N)C(=O)Nc2ccc(F)cc2)c([N+](=O)[O-])cc1OC. The number of nitrogens with zero attached hydrogens (tertiary/aromatic N) is 2. The number of rotatable bonds is 6. The van der Waals surface area contributed by atoms with Crippen molar-refractivity contribution in [3.8, 4) is 17.6 Å². The maximum Gasteiger partial charge on any atom is 0.280 e. The molecule has 0 aliphatic carbocycles. The normalized spacial score (nSPS) is 10.7. The summed E-state index contributed by atoms with van der Waals surface area (Å²) >= 11 is 0. The van der Waals surface area contributed by atoms with Crippen LogP contribution in [-0.4, -0.2) is 25.1 Å². The Bertz CT molecular complexity index is 949. The van der Waals surface area contributed by atoms with Crippen molar-refractivity contribution in [2.24, 2.45) is 0 Å². The summed E-state index contributed by atoms with van der Waals surface area (Å²) in [7, 11) is 2.68. The minimum absolute atomic E-state index is 0.0107. The van der Waals surface area contributed by atoms with Gasteiger partial charge in [-0.1, -0.05) is 0 Å². The van der Waals surface area contributed by atoms with Crippen LogP contribution >= 0.6 is 0 Å². The van der Waals surface area contributed by atoms with E-state index in [-0.39, 0.29) is 34.0 Å². The van der Waals surface area contributed by atoms with Gasteiger partial charge in [0.25, 0.3) is 11.6 Å². The van der Waals surface area contributed by atoms with Crippen LogP contribution in [0.3, 0.4) is 0 Å². The first-order valence-electron chi connectivity index (χ1n) is 7.48. The zero-order valence-electron chi connectivity index (χ0n) is 14.4. The van der Waals surface area contributed by atoms with Gasteiger partial charge < -0.3 is 14.8 Å². The fourth-order valence-corrected chi connectivity index (χ4v) is 2.19. The Morgan fingerprint density at radius 3 is 2.33 bits per heavy atom. The molecule has 0 saturated carbocycles. The van der Waals surface area contributed by atoms with E-state index in [2.05, 4.69) is 5.32 Å². The van der Waals surface area contributed by atoms with E-state index in [0.717, 1.165) is 24.3 Å². The minimum atomic E-state index is -0.798. The highest BCUT2D eigenvalue weighted by Crippen LogP contribution is 2.35. The Kier molecular flexibility index (Phi) is 6.06. The lowest BCUT2D eigenvalue weighted by Gasteiger charge is -2.09. The number of nitro benzene ring substituents is 1. The van der Waals surface area contributed by atoms with Gasteiger partial charge in [0.1, 0.15) is 17.5 Å². The van der Waals surface area contributed by atoms with Gasteiger partial charge in [-0.05, 0) is 36.4 Å². The van der Waals surface area contributed by atoms with Crippen LogP contribution < -0.4 is 14.8 Å². The van der Waals surface area contributed by atoms with Crippen molar-refractivity contribution in [2.45, 2.75) is 0 Å². The molecule has 0 bridgehead atoms. The average molecular weight is 371 g/mol. The highest BCUT2D eigenvalue weighted by Gasteiger charge is 2.20. The van der Waals surface area contributed by atoms with Crippen LogP contribution in [0, 0.1) is 27.3 Å². The van der Waals surface area contributed by atoms with E-state index in [1.165, 1.54) is 32.4 Å². The Morgan fingerprint density at radius 1 is 1.22 bits per heavy atom. The Labute approximate surface area is 153 Å². The largest absolute Gasteiger partial charge is 0.493 e. The molecule has 0 fully saturated rings. The number of benzene rings is 2. The molecule has 0 heterocycles. The van der Waals surface area contributed by atoms with Crippen molar-refractivity contribution in [2.75, 3.05) is 19.5 Å². The Morgan fingerprint density at radius 2 is 1.81 bits per heavy atom. The van der Waals surface area contributed by atoms with E-state index in [0.29, 0.717) is 0 Å². The van der Waals surface area contributed by atoms with Crippen molar-refractivity contribution < 1.29 is 23.6 Å². The second-order valence-corrected chi connectivity index (χ2v) is 5.15. The lowest BCUT2D eigenvalue weighted by atomic mass is 10.1. The highest BCUT2D eigenvalue weighted by atomic mass is 19.1. The summed E-state index contributed by atoms with van der Waals surface area (Å²) in [6.45, 7) is 0. The van der Waals surface area contributed by atoms with Gasteiger partial charge in [0.05, 0.1) is 30.8 Å². The van der Waals surface area contributed by atoms with E-state index in [9.17, 15) is 24.6 Å². The number of carbonyl (C=O) groups excluding carboxylic acids is 1. The van der Waals surface area contributed by atoms with E-state index in [4.69, 9.17) is 9.47 Å². The van der Waals surface area contributed by atoms with Crippen LogP contribution in [-0.2, 0) is 4.79 Å². The first kappa shape index (κ1) is 19.4. The number of nitrogens with one attached hydrogen (secondary N) is 1. The van der Waals surface area contributed by atoms with E-state index in [1.54, 1.807) is 6.07 Å². The smallest absolute Gasteiger partial charge is 0.280 e. The maximum atomic E-state index is 12.9. The fourth-order valence-electron chi connectivity index (χ4n) is 2.19. The van der Waals surface area contributed by atoms with Crippen molar-refractivity contribution in [3.63, 3.8) is 0 Å². The van der Waals surface area contributed by atoms with E-state index < -0.39 is 16.6 Å². The summed E-state index contributed by atoms with van der Waals surface area (Å²) in [5.41, 5.74) is -0.488. The summed E-state index contributed by atoms with van der Waals surface area (Å²) < 4.78 is 23.1. The molecule has 2 aromatic rings. The van der Waals surface area contributed by atoms with Gasteiger partial charge in [-0.2, -0.15) is 5.26 Å². The highest BCUT2D eigenvalue weighted by molar-refractivity contribution is 6.10. The van der Waals surface area contributed by atoms with E-state index in [1.807, 2.05) is 0 Å². The van der Waals surface area contributed by atoms with Crippen LogP contribution in [0.5, 0.6) is 11.5 Å². The monoisotopic (exact) mass is 371 g/mol. The molecule has 0 unspecified atom stereocenters. The standard InChI is InChI=1S/C18H14FN3O5/c1-26-16-8-11(15(22(24)25)9-17(16)27-2)7-12(10-20)18(23)21-14-5-3-13(19)4-6-14/h3-9H,1-2H3,(H,21,23)/b12-7-. The third kappa shape index (κ3) is 4.58. The number of halogens is 1. The molecule has 0 aliphatic heterocycles. The molecule has 0 aliphatic rings. The van der Waals surface area contributed by atoms with Gasteiger partial charge in [0.15, 0.2) is 11.5 Å². The molecule has 0 saturated heterocycles. The molecule has 0 aromatic heterocycles. The molecule has 138 valence electrons. The lowest BCUT2D eigenvalue weighted by molar-refractivity contribution is -0.385. The topological polar surface area (TPSA) is 114 Å². The summed E-state index contributed by atoms with van der Waals surface area (Å²) in [6.07, 6.45) is 1.07. The zero-order valence-corrected chi connectivity index (χ0v) is 14.4. The summed E-state index contributed by atoms with van der Waals surface area (Å²) in [6, 6.07) is 9.05. The molecule has 2 rings (SSSR count). The number of nitro groups is 1. The van der Waals surface area contributed by atoms with Crippen LogP contribution in [0.15, 0.2) is 42.0 Å². The average Bonchev–Trinajstić information content (AvgIpc) is 2.66. The van der Waals surface area contributed by atoms with Crippen LogP contribution in [0.25, 0.3) is 6.08 Å². The van der Waals surface area contributed by atoms with Crippen molar-refractivity contribution in [3.05, 3.63) is 63.5 Å². The van der Waals surface area contributed by atoms with Gasteiger partial charge in [-0.25, -0.2) is 4.39 Å². The molecule has 1 N–H and O–H groups in total. The number of methoxy groups -OCH3 is 2. The number of hydrogen-bond acceptors (Lipinski definition) is 6. The number of anilines is 1. The molecule has 8 nitrogen and oxygen atoms in total. The zero-order chi connectivity index (χ0) is 20.0. The van der Waals surface area contributed by atoms with Gasteiger partial charge >= 0.3 is 0 Å². The Hall–Kier alpha value is -3.93. The summed E-state index contributed by atoms with van der Waals surface area (Å²) in [4.78, 5) is 22.9. The minimum Gasteiger partial charge on any atom is -0.493 e. The van der Waals surface area contributed by atoms with Gasteiger partial charge in [0.2, 0.25) is 0 Å². The molecule has 0 atom stereocenters. The molecule has 27 heavy (non-hydrogen) atoms. The molecule has 2 aromatic carbocycles. The molecule has 9 heteroatoms. The number of nitriles is 1. The first-order valence-corrected chi connectivity index (χ1v) is 7.48. The Balaban J connectivity index is 2.43. The third-order valence-electron chi connectivity index (χ3n) is 3.50. The van der Waals surface area contributed by atoms with E-state index >= 15 is 0 Å². The van der Waals surface area contributed by atoms with Crippen molar-refractivity contribution in [1.29, 1.82) is 5.26 Å². The van der Waals surface area contributed by atoms with Gasteiger partial charge in [-0.15, -0.1) is 0 Å². The fraction of sp³-hybridized carbons (Fsp3) is 0.111.